The van der Waals surface area contributed by atoms with Crippen LogP contribution in [0.2, 0.25) is 0 Å². The predicted octanol–water partition coefficient (Wildman–Crippen LogP) is 4.69. The average Bonchev–Trinajstić information content (AvgIpc) is 3.26. The largest absolute Gasteiger partial charge is 0.361 e. The Hall–Kier alpha value is -3.15. The monoisotopic (exact) mass is 447 g/mol. The first kappa shape index (κ1) is 21.7. The molecule has 2 heterocycles. The molecule has 33 heavy (non-hydrogen) atoms. The van der Waals surface area contributed by atoms with E-state index >= 15 is 0 Å². The number of hydrogen-bond acceptors (Lipinski definition) is 2. The third-order valence-electron chi connectivity index (χ3n) is 7.41. The fourth-order valence-electron chi connectivity index (χ4n) is 5.58. The van der Waals surface area contributed by atoms with E-state index in [1.807, 2.05) is 35.4 Å². The van der Waals surface area contributed by atoms with E-state index in [-0.39, 0.29) is 11.8 Å². The van der Waals surface area contributed by atoms with Crippen LogP contribution in [0.4, 0.5) is 4.39 Å². The van der Waals surface area contributed by atoms with Gasteiger partial charge in [0.25, 0.3) is 5.91 Å². The Morgan fingerprint density at radius 1 is 1.03 bits per heavy atom. The van der Waals surface area contributed by atoms with Crippen molar-refractivity contribution in [1.29, 1.82) is 0 Å². The molecule has 2 amide bonds. The standard InChI is InChI=1S/C27H30FN3O2/c28-22-11-9-19(10-12-22)26(32)30-25(15-21-16-29-24-8-4-3-7-23(21)24)27(33)31-14-13-18-5-1-2-6-20(18)17-31/h3-4,7-12,16,18,20,25,29H,1-2,5-6,13-15,17H2,(H,30,32)/t18?,20?,25-/m1/s1. The molecule has 0 radical (unpaired) electrons. The number of nitrogens with one attached hydrogen (secondary N) is 2. The summed E-state index contributed by atoms with van der Waals surface area (Å²) in [7, 11) is 0. The molecule has 5 nitrogen and oxygen atoms in total. The van der Waals surface area contributed by atoms with Crippen molar-refractivity contribution in [3.05, 3.63) is 71.7 Å². The van der Waals surface area contributed by atoms with Crippen LogP contribution in [-0.4, -0.2) is 40.8 Å². The zero-order chi connectivity index (χ0) is 22.8. The first-order chi connectivity index (χ1) is 16.1. The highest BCUT2D eigenvalue weighted by Crippen LogP contribution is 2.36. The minimum atomic E-state index is -0.679. The van der Waals surface area contributed by atoms with E-state index in [0.717, 1.165) is 41.9 Å². The van der Waals surface area contributed by atoms with Gasteiger partial charge in [-0.15, -0.1) is 0 Å². The number of likely N-dealkylation sites (tertiary alicyclic amines) is 1. The van der Waals surface area contributed by atoms with Crippen LogP contribution in [0.15, 0.2) is 54.7 Å². The number of para-hydroxylation sites is 1. The van der Waals surface area contributed by atoms with E-state index in [2.05, 4.69) is 10.3 Å². The Morgan fingerprint density at radius 2 is 1.79 bits per heavy atom. The highest BCUT2D eigenvalue weighted by atomic mass is 19.1. The summed E-state index contributed by atoms with van der Waals surface area (Å²) in [4.78, 5) is 31.9. The SMILES string of the molecule is O=C(N[C@H](Cc1c[nH]c2ccccc12)C(=O)N1CCC2CCCCC2C1)c1ccc(F)cc1. The van der Waals surface area contributed by atoms with Crippen molar-refractivity contribution in [2.24, 2.45) is 11.8 Å². The van der Waals surface area contributed by atoms with Gasteiger partial charge in [-0.2, -0.15) is 0 Å². The molecule has 6 heteroatoms. The Balaban J connectivity index is 1.38. The minimum Gasteiger partial charge on any atom is -0.361 e. The van der Waals surface area contributed by atoms with Crippen molar-refractivity contribution in [2.45, 2.75) is 44.6 Å². The number of aromatic amines is 1. The molecule has 1 aliphatic heterocycles. The van der Waals surface area contributed by atoms with Gasteiger partial charge in [0.15, 0.2) is 0 Å². The number of carbonyl (C=O) groups excluding carboxylic acids is 2. The van der Waals surface area contributed by atoms with E-state index < -0.39 is 11.9 Å². The minimum absolute atomic E-state index is 0.0280. The lowest BCUT2D eigenvalue weighted by Gasteiger charge is -2.42. The number of benzene rings is 2. The molecule has 1 saturated carbocycles. The third-order valence-corrected chi connectivity index (χ3v) is 7.41. The van der Waals surface area contributed by atoms with Gasteiger partial charge in [0, 0.05) is 42.2 Å². The summed E-state index contributed by atoms with van der Waals surface area (Å²) in [5, 5.41) is 4.01. The molecule has 2 N–H and O–H groups in total. The second-order valence-electron chi connectivity index (χ2n) is 9.47. The molecule has 3 atom stereocenters. The van der Waals surface area contributed by atoms with Crippen LogP contribution < -0.4 is 5.32 Å². The van der Waals surface area contributed by atoms with Crippen molar-refractivity contribution < 1.29 is 14.0 Å². The highest BCUT2D eigenvalue weighted by Gasteiger charge is 2.36. The molecular formula is C27H30FN3O2. The highest BCUT2D eigenvalue weighted by molar-refractivity contribution is 5.98. The summed E-state index contributed by atoms with van der Waals surface area (Å²) < 4.78 is 13.3. The van der Waals surface area contributed by atoms with Crippen LogP contribution in [-0.2, 0) is 11.2 Å². The normalized spacial score (nSPS) is 21.4. The molecule has 2 aliphatic rings. The first-order valence-electron chi connectivity index (χ1n) is 12.0. The van der Waals surface area contributed by atoms with Crippen LogP contribution in [0.1, 0.15) is 48.0 Å². The number of carbonyl (C=O) groups is 2. The van der Waals surface area contributed by atoms with Gasteiger partial charge in [0.05, 0.1) is 0 Å². The van der Waals surface area contributed by atoms with Gasteiger partial charge >= 0.3 is 0 Å². The Morgan fingerprint density at radius 3 is 2.61 bits per heavy atom. The lowest BCUT2D eigenvalue weighted by molar-refractivity contribution is -0.136. The molecule has 2 aromatic carbocycles. The fourth-order valence-corrected chi connectivity index (χ4v) is 5.58. The van der Waals surface area contributed by atoms with Crippen molar-refractivity contribution in [3.63, 3.8) is 0 Å². The van der Waals surface area contributed by atoms with Crippen LogP contribution >= 0.6 is 0 Å². The van der Waals surface area contributed by atoms with Gasteiger partial charge in [-0.25, -0.2) is 4.39 Å². The lowest BCUT2D eigenvalue weighted by atomic mass is 9.75. The molecule has 0 spiro atoms. The average molecular weight is 448 g/mol. The fraction of sp³-hybridized carbons (Fsp3) is 0.407. The summed E-state index contributed by atoms with van der Waals surface area (Å²) >= 11 is 0. The second kappa shape index (κ2) is 9.38. The summed E-state index contributed by atoms with van der Waals surface area (Å²) in [5.74, 6) is 0.510. The maximum absolute atomic E-state index is 13.7. The molecule has 3 aromatic rings. The van der Waals surface area contributed by atoms with E-state index in [1.54, 1.807) is 0 Å². The van der Waals surface area contributed by atoms with Crippen molar-refractivity contribution in [3.8, 4) is 0 Å². The third kappa shape index (κ3) is 4.65. The van der Waals surface area contributed by atoms with Gasteiger partial charge in [0.2, 0.25) is 5.91 Å². The Bertz CT molecular complexity index is 1140. The van der Waals surface area contributed by atoms with Gasteiger partial charge in [-0.1, -0.05) is 37.5 Å². The second-order valence-corrected chi connectivity index (χ2v) is 9.47. The maximum Gasteiger partial charge on any atom is 0.251 e. The van der Waals surface area contributed by atoms with Crippen molar-refractivity contribution in [2.75, 3.05) is 13.1 Å². The number of amides is 2. The molecule has 1 aromatic heterocycles. The van der Waals surface area contributed by atoms with E-state index in [9.17, 15) is 14.0 Å². The first-order valence-corrected chi connectivity index (χ1v) is 12.0. The summed E-state index contributed by atoms with van der Waals surface area (Å²) in [5.41, 5.74) is 2.35. The van der Waals surface area contributed by atoms with Crippen LogP contribution in [0.25, 0.3) is 10.9 Å². The molecule has 0 bridgehead atoms. The van der Waals surface area contributed by atoms with E-state index in [1.165, 1.54) is 49.9 Å². The number of aromatic nitrogens is 1. The number of halogens is 1. The number of nitrogens with zero attached hydrogens (tertiary/aromatic N) is 1. The lowest BCUT2D eigenvalue weighted by Crippen LogP contribution is -2.53. The maximum atomic E-state index is 13.7. The van der Waals surface area contributed by atoms with Crippen LogP contribution in [0.3, 0.4) is 0 Å². The molecule has 172 valence electrons. The number of H-pyrrole nitrogens is 1. The zero-order valence-corrected chi connectivity index (χ0v) is 18.7. The number of fused-ring (bicyclic) bond motifs is 2. The van der Waals surface area contributed by atoms with Gasteiger partial charge in [-0.05, 0) is 60.6 Å². The number of rotatable bonds is 5. The summed E-state index contributed by atoms with van der Waals surface area (Å²) in [6.07, 6.45) is 8.36. The summed E-state index contributed by atoms with van der Waals surface area (Å²) in [6, 6.07) is 12.7. The summed E-state index contributed by atoms with van der Waals surface area (Å²) in [6.45, 7) is 1.52. The molecule has 2 unspecified atom stereocenters. The number of piperidine rings is 1. The van der Waals surface area contributed by atoms with Crippen molar-refractivity contribution >= 4 is 22.7 Å². The molecule has 5 rings (SSSR count). The Labute approximate surface area is 193 Å². The number of hydrogen-bond donors (Lipinski definition) is 2. The topological polar surface area (TPSA) is 65.2 Å². The van der Waals surface area contributed by atoms with E-state index in [4.69, 9.17) is 0 Å². The predicted molar refractivity (Wildman–Crippen MR) is 126 cm³/mol. The van der Waals surface area contributed by atoms with Crippen LogP contribution in [0.5, 0.6) is 0 Å². The molecule has 2 fully saturated rings. The van der Waals surface area contributed by atoms with Gasteiger partial charge < -0.3 is 15.2 Å². The van der Waals surface area contributed by atoms with E-state index in [0.29, 0.717) is 17.9 Å². The zero-order valence-electron chi connectivity index (χ0n) is 18.7. The van der Waals surface area contributed by atoms with Crippen LogP contribution in [0, 0.1) is 17.7 Å². The van der Waals surface area contributed by atoms with Gasteiger partial charge in [-0.3, -0.25) is 9.59 Å². The quantitative estimate of drug-likeness (QED) is 0.596. The molecular weight excluding hydrogens is 417 g/mol. The molecule has 1 aliphatic carbocycles. The smallest absolute Gasteiger partial charge is 0.251 e. The molecule has 1 saturated heterocycles. The van der Waals surface area contributed by atoms with Gasteiger partial charge in [0.1, 0.15) is 11.9 Å². The Kier molecular flexibility index (Phi) is 6.16. The van der Waals surface area contributed by atoms with Crippen molar-refractivity contribution in [1.82, 2.24) is 15.2 Å².